The van der Waals surface area contributed by atoms with Gasteiger partial charge in [-0.3, -0.25) is 9.89 Å². The number of nitrogens with one attached hydrogen (secondary N) is 1. The van der Waals surface area contributed by atoms with E-state index in [0.29, 0.717) is 28.8 Å². The highest BCUT2D eigenvalue weighted by Gasteiger charge is 2.48. The molecule has 3 aromatic rings. The molecule has 1 aromatic heterocycles. The Morgan fingerprint density at radius 1 is 1.12 bits per heavy atom. The van der Waals surface area contributed by atoms with Crippen molar-refractivity contribution in [1.82, 2.24) is 15.1 Å². The van der Waals surface area contributed by atoms with E-state index in [0.717, 1.165) is 11.1 Å². The van der Waals surface area contributed by atoms with Crippen LogP contribution in [0.3, 0.4) is 0 Å². The fraction of sp³-hybridized carbons (Fsp3) is 0.304. The maximum absolute atomic E-state index is 13.4. The van der Waals surface area contributed by atoms with Crippen LogP contribution < -0.4 is 0 Å². The fourth-order valence-electron chi connectivity index (χ4n) is 4.75. The third kappa shape index (κ3) is 3.15. The number of sulfone groups is 1. The predicted molar refractivity (Wildman–Crippen MR) is 118 cm³/mol. The first-order valence-electron chi connectivity index (χ1n) is 10.4. The highest BCUT2D eigenvalue weighted by atomic mass is 32.2. The van der Waals surface area contributed by atoms with Crippen molar-refractivity contribution in [2.45, 2.75) is 32.4 Å². The van der Waals surface area contributed by atoms with Gasteiger partial charge in [0.2, 0.25) is 0 Å². The van der Waals surface area contributed by atoms with Crippen LogP contribution in [-0.4, -0.2) is 57.2 Å². The number of phenols is 2. The Hall–Kier alpha value is -3.33. The van der Waals surface area contributed by atoms with E-state index in [1.54, 1.807) is 29.2 Å². The summed E-state index contributed by atoms with van der Waals surface area (Å²) in [4.78, 5) is 15.0. The summed E-state index contributed by atoms with van der Waals surface area (Å²) < 4.78 is 24.4. The van der Waals surface area contributed by atoms with Crippen molar-refractivity contribution in [1.29, 1.82) is 0 Å². The summed E-state index contributed by atoms with van der Waals surface area (Å²) in [6.45, 7) is 3.83. The average molecular weight is 454 g/mol. The quantitative estimate of drug-likeness (QED) is 0.560. The molecule has 2 aliphatic rings. The molecule has 5 rings (SSSR count). The van der Waals surface area contributed by atoms with Crippen LogP contribution in [0.5, 0.6) is 11.5 Å². The molecule has 2 atom stereocenters. The van der Waals surface area contributed by atoms with Crippen LogP contribution in [0.25, 0.3) is 11.3 Å². The molecule has 9 heteroatoms. The number of fused-ring (bicyclic) bond motifs is 1. The normalized spacial score (nSPS) is 21.8. The van der Waals surface area contributed by atoms with Gasteiger partial charge in [-0.15, -0.1) is 0 Å². The molecule has 3 heterocycles. The van der Waals surface area contributed by atoms with Crippen molar-refractivity contribution < 1.29 is 23.4 Å². The van der Waals surface area contributed by atoms with Crippen molar-refractivity contribution >= 4 is 15.7 Å². The summed E-state index contributed by atoms with van der Waals surface area (Å²) in [7, 11) is -3.23. The highest BCUT2D eigenvalue weighted by Crippen LogP contribution is 2.47. The number of aromatic nitrogens is 2. The van der Waals surface area contributed by atoms with Crippen LogP contribution >= 0.6 is 0 Å². The minimum atomic E-state index is -3.23. The molecular formula is C23H23N3O5S. The Bertz CT molecular complexity index is 1360. The number of hydrogen-bond donors (Lipinski definition) is 3. The molecule has 1 amide bonds. The van der Waals surface area contributed by atoms with Gasteiger partial charge in [0.15, 0.2) is 9.84 Å². The summed E-state index contributed by atoms with van der Waals surface area (Å²) in [5.41, 5.74) is 4.31. The Kier molecular flexibility index (Phi) is 4.56. The summed E-state index contributed by atoms with van der Waals surface area (Å²) >= 11 is 0. The van der Waals surface area contributed by atoms with Gasteiger partial charge in [-0.2, -0.15) is 5.10 Å². The van der Waals surface area contributed by atoms with Crippen molar-refractivity contribution in [3.63, 3.8) is 0 Å². The number of aromatic amines is 1. The van der Waals surface area contributed by atoms with Gasteiger partial charge < -0.3 is 15.1 Å². The Morgan fingerprint density at radius 2 is 1.88 bits per heavy atom. The predicted octanol–water partition coefficient (Wildman–Crippen LogP) is 2.84. The van der Waals surface area contributed by atoms with Crippen LogP contribution in [0.4, 0.5) is 0 Å². The second-order valence-electron chi connectivity index (χ2n) is 8.58. The van der Waals surface area contributed by atoms with E-state index < -0.39 is 21.9 Å². The van der Waals surface area contributed by atoms with Gasteiger partial charge in [0.05, 0.1) is 17.5 Å². The van der Waals surface area contributed by atoms with E-state index in [9.17, 15) is 23.4 Å². The van der Waals surface area contributed by atoms with E-state index in [1.807, 2.05) is 19.9 Å². The van der Waals surface area contributed by atoms with Gasteiger partial charge in [-0.1, -0.05) is 12.1 Å². The summed E-state index contributed by atoms with van der Waals surface area (Å²) in [5, 5.41) is 28.0. The Morgan fingerprint density at radius 3 is 2.56 bits per heavy atom. The molecule has 166 valence electrons. The molecule has 0 bridgehead atoms. The summed E-state index contributed by atoms with van der Waals surface area (Å²) in [6.07, 6.45) is 0.352. The standard InChI is InChI=1S/C23H23N3O5S/c1-12-8-17(18(28)9-13(12)2)20-19-21(25-24-20)23(29)26(15-6-7-32(30,31)11-15)22(19)14-4-3-5-16(27)10-14/h3-5,8-10,15,22,27-28H,6-7,11H2,1-2H3,(H,24,25). The molecule has 0 saturated carbocycles. The number of phenolic OH excluding ortho intramolecular Hbond substituents is 2. The number of benzene rings is 2. The summed E-state index contributed by atoms with van der Waals surface area (Å²) in [5.74, 6) is -0.313. The van der Waals surface area contributed by atoms with Crippen molar-refractivity contribution in [2.24, 2.45) is 0 Å². The number of aromatic hydroxyl groups is 2. The minimum absolute atomic E-state index is 0.0329. The van der Waals surface area contributed by atoms with E-state index in [2.05, 4.69) is 10.2 Å². The largest absolute Gasteiger partial charge is 0.508 e. The maximum Gasteiger partial charge on any atom is 0.273 e. The molecule has 2 aliphatic heterocycles. The molecular weight excluding hydrogens is 430 g/mol. The van der Waals surface area contributed by atoms with Gasteiger partial charge in [0, 0.05) is 17.2 Å². The number of aryl methyl sites for hydroxylation is 2. The first kappa shape index (κ1) is 20.6. The third-order valence-electron chi connectivity index (χ3n) is 6.46. The molecule has 1 saturated heterocycles. The lowest BCUT2D eigenvalue weighted by Gasteiger charge is -2.31. The first-order valence-corrected chi connectivity index (χ1v) is 12.2. The molecule has 0 aliphatic carbocycles. The number of nitrogens with zero attached hydrogens (tertiary/aromatic N) is 2. The molecule has 2 unspecified atom stereocenters. The average Bonchev–Trinajstić information content (AvgIpc) is 3.38. The zero-order chi connectivity index (χ0) is 22.8. The van der Waals surface area contributed by atoms with Gasteiger partial charge >= 0.3 is 0 Å². The van der Waals surface area contributed by atoms with E-state index in [4.69, 9.17) is 0 Å². The van der Waals surface area contributed by atoms with Gasteiger partial charge in [-0.25, -0.2) is 8.42 Å². The van der Waals surface area contributed by atoms with Crippen LogP contribution in [-0.2, 0) is 9.84 Å². The zero-order valence-corrected chi connectivity index (χ0v) is 18.5. The van der Waals surface area contributed by atoms with Gasteiger partial charge in [0.25, 0.3) is 5.91 Å². The number of hydrogen-bond acceptors (Lipinski definition) is 6. The summed E-state index contributed by atoms with van der Waals surface area (Å²) in [6, 6.07) is 8.95. The molecule has 1 fully saturated rings. The van der Waals surface area contributed by atoms with E-state index in [1.165, 1.54) is 6.07 Å². The van der Waals surface area contributed by atoms with E-state index in [-0.39, 0.29) is 34.6 Å². The second kappa shape index (κ2) is 7.09. The molecule has 32 heavy (non-hydrogen) atoms. The Labute approximate surface area is 185 Å². The van der Waals surface area contributed by atoms with Crippen LogP contribution in [0.15, 0.2) is 36.4 Å². The monoisotopic (exact) mass is 453 g/mol. The number of H-pyrrole nitrogens is 1. The fourth-order valence-corrected chi connectivity index (χ4v) is 6.47. The minimum Gasteiger partial charge on any atom is -0.508 e. The first-order chi connectivity index (χ1) is 15.2. The smallest absolute Gasteiger partial charge is 0.273 e. The number of carbonyl (C=O) groups is 1. The second-order valence-corrected chi connectivity index (χ2v) is 10.8. The zero-order valence-electron chi connectivity index (χ0n) is 17.7. The van der Waals surface area contributed by atoms with Gasteiger partial charge in [-0.05, 0) is 61.2 Å². The van der Waals surface area contributed by atoms with E-state index >= 15 is 0 Å². The number of rotatable bonds is 3. The van der Waals surface area contributed by atoms with Crippen molar-refractivity contribution in [2.75, 3.05) is 11.5 Å². The Balaban J connectivity index is 1.71. The van der Waals surface area contributed by atoms with Crippen molar-refractivity contribution in [3.8, 4) is 22.8 Å². The van der Waals surface area contributed by atoms with Crippen molar-refractivity contribution in [3.05, 3.63) is 64.3 Å². The number of amides is 1. The lowest BCUT2D eigenvalue weighted by molar-refractivity contribution is 0.0677. The maximum atomic E-state index is 13.4. The molecule has 3 N–H and O–H groups in total. The number of carbonyl (C=O) groups excluding carboxylic acids is 1. The SMILES string of the molecule is Cc1cc(O)c(-c2n[nH]c3c2C(c2cccc(O)c2)N(C2CCS(=O)(=O)C2)C3=O)cc1C. The molecule has 0 spiro atoms. The molecule has 0 radical (unpaired) electrons. The topological polar surface area (TPSA) is 124 Å². The molecule has 8 nitrogen and oxygen atoms in total. The lowest BCUT2D eigenvalue weighted by atomic mass is 9.93. The van der Waals surface area contributed by atoms with Gasteiger partial charge in [0.1, 0.15) is 22.9 Å². The lowest BCUT2D eigenvalue weighted by Crippen LogP contribution is -2.40. The van der Waals surface area contributed by atoms with Crippen LogP contribution in [0, 0.1) is 13.8 Å². The van der Waals surface area contributed by atoms with Crippen LogP contribution in [0.2, 0.25) is 0 Å². The van der Waals surface area contributed by atoms with Crippen LogP contribution in [0.1, 0.15) is 45.2 Å². The highest BCUT2D eigenvalue weighted by molar-refractivity contribution is 7.91. The molecule has 2 aromatic carbocycles. The third-order valence-corrected chi connectivity index (χ3v) is 8.21.